The molecule has 2 rings (SSSR count). The molecule has 2 atom stereocenters. The lowest BCUT2D eigenvalue weighted by Crippen LogP contribution is -2.65. The normalized spacial score (nSPS) is 37.2. The zero-order chi connectivity index (χ0) is 12.4. The van der Waals surface area contributed by atoms with Crippen molar-refractivity contribution in [1.82, 2.24) is 5.32 Å². The van der Waals surface area contributed by atoms with Gasteiger partial charge in [0.2, 0.25) is 0 Å². The summed E-state index contributed by atoms with van der Waals surface area (Å²) in [5, 5.41) is 3.60. The minimum Gasteiger partial charge on any atom is -0.378 e. The lowest BCUT2D eigenvalue weighted by atomic mass is 9.78. The summed E-state index contributed by atoms with van der Waals surface area (Å²) >= 11 is 0. The van der Waals surface area contributed by atoms with Crippen molar-refractivity contribution < 1.29 is 9.47 Å². The largest absolute Gasteiger partial charge is 0.378 e. The van der Waals surface area contributed by atoms with E-state index < -0.39 is 0 Å². The Morgan fingerprint density at radius 2 is 2.00 bits per heavy atom. The molecule has 1 saturated heterocycles. The van der Waals surface area contributed by atoms with Crippen LogP contribution in [-0.2, 0) is 9.47 Å². The Labute approximate surface area is 105 Å². The molecule has 2 aliphatic rings. The molecule has 0 amide bonds. The third-order valence-corrected chi connectivity index (χ3v) is 4.77. The van der Waals surface area contributed by atoms with E-state index in [0.29, 0.717) is 0 Å². The molecule has 0 radical (unpaired) electrons. The van der Waals surface area contributed by atoms with Crippen LogP contribution >= 0.6 is 0 Å². The monoisotopic (exact) mass is 241 g/mol. The second-order valence-electron chi connectivity index (χ2n) is 5.63. The maximum atomic E-state index is 6.62. The summed E-state index contributed by atoms with van der Waals surface area (Å²) in [6, 6.07) is 0. The fourth-order valence-corrected chi connectivity index (χ4v) is 3.48. The van der Waals surface area contributed by atoms with Crippen LogP contribution in [0.3, 0.4) is 0 Å². The quantitative estimate of drug-likeness (QED) is 0.823. The molecule has 1 saturated carbocycles. The first kappa shape index (κ1) is 13.3. The molecule has 1 spiro atoms. The van der Waals surface area contributed by atoms with Gasteiger partial charge in [0.1, 0.15) is 5.60 Å². The number of morpholine rings is 1. The third-order valence-electron chi connectivity index (χ3n) is 4.77. The van der Waals surface area contributed by atoms with E-state index in [4.69, 9.17) is 9.47 Å². The molecule has 3 heteroatoms. The number of ether oxygens (including phenoxy) is 2. The summed E-state index contributed by atoms with van der Waals surface area (Å²) in [5.74, 6) is 0. The van der Waals surface area contributed by atoms with Gasteiger partial charge in [-0.05, 0) is 25.7 Å². The van der Waals surface area contributed by atoms with Gasteiger partial charge in [0, 0.05) is 20.2 Å². The maximum absolute atomic E-state index is 6.62. The summed E-state index contributed by atoms with van der Waals surface area (Å²) in [7, 11) is 1.83. The molecule has 3 nitrogen and oxygen atoms in total. The fourth-order valence-electron chi connectivity index (χ4n) is 3.48. The molecule has 0 aromatic heterocycles. The van der Waals surface area contributed by atoms with Crippen molar-refractivity contribution >= 4 is 0 Å². The molecule has 1 aliphatic heterocycles. The Morgan fingerprint density at radius 1 is 1.24 bits per heavy atom. The minimum atomic E-state index is -0.0722. The number of methoxy groups -OCH3 is 1. The second kappa shape index (κ2) is 5.25. The van der Waals surface area contributed by atoms with Gasteiger partial charge in [0.25, 0.3) is 0 Å². The van der Waals surface area contributed by atoms with Crippen molar-refractivity contribution in [3.05, 3.63) is 0 Å². The van der Waals surface area contributed by atoms with Crippen LogP contribution in [-0.4, -0.2) is 37.5 Å². The zero-order valence-electron chi connectivity index (χ0n) is 11.6. The highest BCUT2D eigenvalue weighted by Crippen LogP contribution is 2.40. The molecule has 0 bridgehead atoms. The first-order valence-corrected chi connectivity index (χ1v) is 7.14. The van der Waals surface area contributed by atoms with Crippen LogP contribution < -0.4 is 5.32 Å². The summed E-state index contributed by atoms with van der Waals surface area (Å²) in [5.41, 5.74) is -0.0519. The van der Waals surface area contributed by atoms with E-state index in [1.165, 1.54) is 12.8 Å². The molecular formula is C14H27NO2. The Bertz CT molecular complexity index is 249. The van der Waals surface area contributed by atoms with E-state index >= 15 is 0 Å². The van der Waals surface area contributed by atoms with Gasteiger partial charge in [-0.25, -0.2) is 0 Å². The highest BCUT2D eigenvalue weighted by molar-refractivity contribution is 5.02. The molecule has 2 fully saturated rings. The number of hydrogen-bond donors (Lipinski definition) is 1. The molecule has 1 heterocycles. The van der Waals surface area contributed by atoms with Gasteiger partial charge in [-0.15, -0.1) is 0 Å². The molecule has 100 valence electrons. The predicted molar refractivity (Wildman–Crippen MR) is 69.3 cm³/mol. The average Bonchev–Trinajstić information content (AvgIpc) is 2.39. The summed E-state index contributed by atoms with van der Waals surface area (Å²) in [6.45, 7) is 6.40. The highest BCUT2D eigenvalue weighted by Gasteiger charge is 2.49. The number of nitrogens with one attached hydrogen (secondary N) is 1. The minimum absolute atomic E-state index is 0.0202. The second-order valence-corrected chi connectivity index (χ2v) is 5.63. The molecular weight excluding hydrogens is 214 g/mol. The molecule has 0 aromatic rings. The van der Waals surface area contributed by atoms with Crippen molar-refractivity contribution in [2.45, 2.75) is 69.7 Å². The van der Waals surface area contributed by atoms with Crippen molar-refractivity contribution in [2.75, 3.05) is 20.2 Å². The van der Waals surface area contributed by atoms with E-state index in [0.717, 1.165) is 38.8 Å². The van der Waals surface area contributed by atoms with Crippen molar-refractivity contribution in [2.24, 2.45) is 0 Å². The van der Waals surface area contributed by atoms with Gasteiger partial charge in [-0.3, -0.25) is 0 Å². The van der Waals surface area contributed by atoms with Gasteiger partial charge in [-0.1, -0.05) is 26.7 Å². The molecule has 0 aromatic carbocycles. The van der Waals surface area contributed by atoms with Crippen molar-refractivity contribution in [1.29, 1.82) is 0 Å². The Kier molecular flexibility index (Phi) is 4.11. The fraction of sp³-hybridized carbons (Fsp3) is 1.00. The van der Waals surface area contributed by atoms with Crippen LogP contribution in [0, 0.1) is 0 Å². The van der Waals surface area contributed by atoms with E-state index in [1.54, 1.807) is 0 Å². The van der Waals surface area contributed by atoms with Gasteiger partial charge in [-0.2, -0.15) is 0 Å². The van der Waals surface area contributed by atoms with Gasteiger partial charge >= 0.3 is 0 Å². The smallest absolute Gasteiger partial charge is 0.107 e. The van der Waals surface area contributed by atoms with E-state index in [1.807, 2.05) is 7.11 Å². The van der Waals surface area contributed by atoms with Gasteiger partial charge in [0.15, 0.2) is 0 Å². The van der Waals surface area contributed by atoms with Crippen LogP contribution in [0.5, 0.6) is 0 Å². The third kappa shape index (κ3) is 2.38. The standard InChI is InChI=1S/C14H27NO2/c1-4-13(5-2)10-15-11-14(17-13)9-7-6-8-12(14)16-3/h12,15H,4-11H2,1-3H3. The number of hydrogen-bond acceptors (Lipinski definition) is 3. The van der Waals surface area contributed by atoms with Gasteiger partial charge < -0.3 is 14.8 Å². The topological polar surface area (TPSA) is 30.5 Å². The molecule has 2 unspecified atom stereocenters. The molecule has 17 heavy (non-hydrogen) atoms. The van der Waals surface area contributed by atoms with E-state index in [2.05, 4.69) is 19.2 Å². The van der Waals surface area contributed by atoms with Crippen LogP contribution in [0.25, 0.3) is 0 Å². The summed E-state index contributed by atoms with van der Waals surface area (Å²) in [4.78, 5) is 0. The maximum Gasteiger partial charge on any atom is 0.107 e. The van der Waals surface area contributed by atoms with Crippen LogP contribution in [0.1, 0.15) is 52.4 Å². The van der Waals surface area contributed by atoms with Crippen LogP contribution in [0.4, 0.5) is 0 Å². The zero-order valence-corrected chi connectivity index (χ0v) is 11.6. The Balaban J connectivity index is 2.17. The first-order chi connectivity index (χ1) is 8.20. The lowest BCUT2D eigenvalue weighted by Gasteiger charge is -2.53. The van der Waals surface area contributed by atoms with Crippen molar-refractivity contribution in [3.8, 4) is 0 Å². The Hall–Kier alpha value is -0.120. The Morgan fingerprint density at radius 3 is 2.65 bits per heavy atom. The molecule has 1 N–H and O–H groups in total. The lowest BCUT2D eigenvalue weighted by molar-refractivity contribution is -0.237. The number of rotatable bonds is 3. The summed E-state index contributed by atoms with van der Waals surface area (Å²) < 4.78 is 12.3. The van der Waals surface area contributed by atoms with Gasteiger partial charge in [0.05, 0.1) is 11.7 Å². The first-order valence-electron chi connectivity index (χ1n) is 7.14. The van der Waals surface area contributed by atoms with Crippen molar-refractivity contribution in [3.63, 3.8) is 0 Å². The summed E-state index contributed by atoms with van der Waals surface area (Å²) in [6.07, 6.45) is 7.24. The van der Waals surface area contributed by atoms with Crippen LogP contribution in [0.15, 0.2) is 0 Å². The highest BCUT2D eigenvalue weighted by atomic mass is 16.6. The predicted octanol–water partition coefficient (Wildman–Crippen LogP) is 2.49. The average molecular weight is 241 g/mol. The van der Waals surface area contributed by atoms with E-state index in [9.17, 15) is 0 Å². The van der Waals surface area contributed by atoms with E-state index in [-0.39, 0.29) is 17.3 Å². The van der Waals surface area contributed by atoms with Crippen LogP contribution in [0.2, 0.25) is 0 Å². The molecule has 1 aliphatic carbocycles. The SMILES string of the molecule is CCC1(CC)CNCC2(CCCCC2OC)O1.